The summed E-state index contributed by atoms with van der Waals surface area (Å²) >= 11 is 3.14. The summed E-state index contributed by atoms with van der Waals surface area (Å²) in [4.78, 5) is 0. The number of nitrogens with one attached hydrogen (secondary N) is 1. The summed E-state index contributed by atoms with van der Waals surface area (Å²) in [5.74, 6) is 0.460. The third kappa shape index (κ3) is 6.36. The van der Waals surface area contributed by atoms with E-state index in [4.69, 9.17) is 4.74 Å². The SMILES string of the molecule is CCNCCCCCCOc1ccc(F)c(Br)c1. The maximum absolute atomic E-state index is 13.0. The van der Waals surface area contributed by atoms with Crippen LogP contribution in [-0.4, -0.2) is 19.7 Å². The summed E-state index contributed by atoms with van der Waals surface area (Å²) < 4.78 is 19.0. The molecule has 0 aliphatic carbocycles. The van der Waals surface area contributed by atoms with Gasteiger partial charge >= 0.3 is 0 Å². The molecule has 1 aromatic carbocycles. The van der Waals surface area contributed by atoms with E-state index in [0.29, 0.717) is 11.1 Å². The molecule has 0 unspecified atom stereocenters. The minimum atomic E-state index is -0.259. The average Bonchev–Trinajstić information content (AvgIpc) is 2.37. The molecule has 0 aliphatic rings. The van der Waals surface area contributed by atoms with Crippen LogP contribution in [0.4, 0.5) is 4.39 Å². The Morgan fingerprint density at radius 1 is 1.22 bits per heavy atom. The average molecular weight is 318 g/mol. The highest BCUT2D eigenvalue weighted by Crippen LogP contribution is 2.21. The van der Waals surface area contributed by atoms with Gasteiger partial charge in [-0.15, -0.1) is 0 Å². The molecule has 1 rings (SSSR count). The monoisotopic (exact) mass is 317 g/mol. The predicted octanol–water partition coefficient (Wildman–Crippen LogP) is 4.14. The smallest absolute Gasteiger partial charge is 0.137 e. The van der Waals surface area contributed by atoms with Gasteiger partial charge in [0, 0.05) is 0 Å². The Labute approximate surface area is 117 Å². The molecular formula is C14H21BrFNO. The van der Waals surface area contributed by atoms with E-state index in [1.807, 2.05) is 0 Å². The molecular weight excluding hydrogens is 297 g/mol. The zero-order valence-electron chi connectivity index (χ0n) is 10.8. The van der Waals surface area contributed by atoms with Crippen LogP contribution in [0.3, 0.4) is 0 Å². The van der Waals surface area contributed by atoms with Crippen LogP contribution in [0.5, 0.6) is 5.75 Å². The summed E-state index contributed by atoms with van der Waals surface area (Å²) in [7, 11) is 0. The molecule has 0 fully saturated rings. The van der Waals surface area contributed by atoms with Gasteiger partial charge in [-0.2, -0.15) is 0 Å². The molecule has 1 aromatic rings. The maximum atomic E-state index is 13.0. The molecule has 0 atom stereocenters. The van der Waals surface area contributed by atoms with Gasteiger partial charge in [0.1, 0.15) is 11.6 Å². The highest BCUT2D eigenvalue weighted by molar-refractivity contribution is 9.10. The fraction of sp³-hybridized carbons (Fsp3) is 0.571. The van der Waals surface area contributed by atoms with Gasteiger partial charge in [-0.25, -0.2) is 4.39 Å². The normalized spacial score (nSPS) is 10.6. The number of halogens is 2. The quantitative estimate of drug-likeness (QED) is 0.691. The second-order valence-electron chi connectivity index (χ2n) is 4.19. The van der Waals surface area contributed by atoms with Gasteiger partial charge in [-0.1, -0.05) is 19.8 Å². The topological polar surface area (TPSA) is 21.3 Å². The molecule has 0 saturated carbocycles. The van der Waals surface area contributed by atoms with E-state index in [9.17, 15) is 4.39 Å². The molecule has 0 heterocycles. The summed E-state index contributed by atoms with van der Waals surface area (Å²) in [6.07, 6.45) is 4.66. The van der Waals surface area contributed by atoms with E-state index >= 15 is 0 Å². The minimum absolute atomic E-state index is 0.259. The Morgan fingerprint density at radius 2 is 2.00 bits per heavy atom. The van der Waals surface area contributed by atoms with Crippen LogP contribution in [0, 0.1) is 5.82 Å². The van der Waals surface area contributed by atoms with Gasteiger partial charge in [0.15, 0.2) is 0 Å². The first-order valence-electron chi connectivity index (χ1n) is 6.52. The lowest BCUT2D eigenvalue weighted by molar-refractivity contribution is 0.304. The van der Waals surface area contributed by atoms with Gasteiger partial charge in [-0.05, 0) is 60.1 Å². The Bertz CT molecular complexity index is 347. The van der Waals surface area contributed by atoms with E-state index in [0.717, 1.165) is 25.3 Å². The third-order valence-electron chi connectivity index (χ3n) is 2.66. The van der Waals surface area contributed by atoms with Crippen molar-refractivity contribution >= 4 is 15.9 Å². The van der Waals surface area contributed by atoms with Crippen LogP contribution >= 0.6 is 15.9 Å². The lowest BCUT2D eigenvalue weighted by atomic mass is 10.2. The molecule has 4 heteroatoms. The largest absolute Gasteiger partial charge is 0.494 e. The van der Waals surface area contributed by atoms with Gasteiger partial charge in [0.2, 0.25) is 0 Å². The second-order valence-corrected chi connectivity index (χ2v) is 5.05. The molecule has 0 spiro atoms. The van der Waals surface area contributed by atoms with Crippen molar-refractivity contribution in [1.29, 1.82) is 0 Å². The number of hydrogen-bond acceptors (Lipinski definition) is 2. The van der Waals surface area contributed by atoms with Crippen LogP contribution < -0.4 is 10.1 Å². The summed E-state index contributed by atoms with van der Waals surface area (Å²) in [5, 5.41) is 3.30. The van der Waals surface area contributed by atoms with E-state index in [-0.39, 0.29) is 5.82 Å². The third-order valence-corrected chi connectivity index (χ3v) is 3.27. The van der Waals surface area contributed by atoms with Crippen molar-refractivity contribution in [2.45, 2.75) is 32.6 Å². The summed E-state index contributed by atoms with van der Waals surface area (Å²) in [6, 6.07) is 4.74. The fourth-order valence-corrected chi connectivity index (χ4v) is 2.00. The van der Waals surface area contributed by atoms with Crippen LogP contribution in [0.25, 0.3) is 0 Å². The van der Waals surface area contributed by atoms with Crippen molar-refractivity contribution in [2.24, 2.45) is 0 Å². The Kier molecular flexibility index (Phi) is 8.01. The second kappa shape index (κ2) is 9.34. The number of rotatable bonds is 9. The molecule has 0 amide bonds. The van der Waals surface area contributed by atoms with E-state index in [2.05, 4.69) is 28.2 Å². The van der Waals surface area contributed by atoms with Crippen molar-refractivity contribution in [1.82, 2.24) is 5.32 Å². The zero-order chi connectivity index (χ0) is 13.2. The first-order valence-corrected chi connectivity index (χ1v) is 7.32. The number of hydrogen-bond donors (Lipinski definition) is 1. The first-order chi connectivity index (χ1) is 8.74. The Balaban J connectivity index is 2.05. The zero-order valence-corrected chi connectivity index (χ0v) is 12.4. The van der Waals surface area contributed by atoms with Crippen LogP contribution in [0.15, 0.2) is 22.7 Å². The highest BCUT2D eigenvalue weighted by Gasteiger charge is 2.00. The molecule has 0 radical (unpaired) electrons. The molecule has 0 aromatic heterocycles. The number of unbranched alkanes of at least 4 members (excludes halogenated alkanes) is 3. The molecule has 18 heavy (non-hydrogen) atoms. The van der Waals surface area contributed by atoms with Crippen molar-refractivity contribution in [3.8, 4) is 5.75 Å². The highest BCUT2D eigenvalue weighted by atomic mass is 79.9. The molecule has 0 saturated heterocycles. The van der Waals surface area contributed by atoms with Gasteiger partial charge < -0.3 is 10.1 Å². The van der Waals surface area contributed by atoms with E-state index < -0.39 is 0 Å². The molecule has 1 N–H and O–H groups in total. The van der Waals surface area contributed by atoms with Gasteiger partial charge in [-0.3, -0.25) is 0 Å². The van der Waals surface area contributed by atoms with Crippen LogP contribution in [-0.2, 0) is 0 Å². The standard InChI is InChI=1S/C14H21BrFNO/c1-2-17-9-5-3-4-6-10-18-12-7-8-14(16)13(15)11-12/h7-8,11,17H,2-6,9-10H2,1H3. The fourth-order valence-electron chi connectivity index (χ4n) is 1.64. The summed E-state index contributed by atoms with van der Waals surface area (Å²) in [5.41, 5.74) is 0. The molecule has 0 bridgehead atoms. The van der Waals surface area contributed by atoms with Crippen LogP contribution in [0.1, 0.15) is 32.6 Å². The Hall–Kier alpha value is -0.610. The van der Waals surface area contributed by atoms with E-state index in [1.165, 1.54) is 25.3 Å². The van der Waals surface area contributed by atoms with E-state index in [1.54, 1.807) is 12.1 Å². The minimum Gasteiger partial charge on any atom is -0.494 e. The molecule has 102 valence electrons. The first kappa shape index (κ1) is 15.4. The summed E-state index contributed by atoms with van der Waals surface area (Å²) in [6.45, 7) is 4.96. The predicted molar refractivity (Wildman–Crippen MR) is 76.6 cm³/mol. The van der Waals surface area contributed by atoms with Crippen molar-refractivity contribution in [3.05, 3.63) is 28.5 Å². The Morgan fingerprint density at radius 3 is 2.72 bits per heavy atom. The molecule has 2 nitrogen and oxygen atoms in total. The lowest BCUT2D eigenvalue weighted by Crippen LogP contribution is -2.13. The lowest BCUT2D eigenvalue weighted by Gasteiger charge is -2.07. The van der Waals surface area contributed by atoms with Crippen molar-refractivity contribution in [2.75, 3.05) is 19.7 Å². The maximum Gasteiger partial charge on any atom is 0.137 e. The van der Waals surface area contributed by atoms with Crippen molar-refractivity contribution in [3.63, 3.8) is 0 Å². The van der Waals surface area contributed by atoms with Gasteiger partial charge in [0.25, 0.3) is 0 Å². The van der Waals surface area contributed by atoms with Crippen LogP contribution in [0.2, 0.25) is 0 Å². The van der Waals surface area contributed by atoms with Gasteiger partial charge in [0.05, 0.1) is 11.1 Å². The number of ether oxygens (including phenoxy) is 1. The number of benzene rings is 1. The molecule has 0 aliphatic heterocycles. The van der Waals surface area contributed by atoms with Crippen molar-refractivity contribution < 1.29 is 9.13 Å².